The summed E-state index contributed by atoms with van der Waals surface area (Å²) in [4.78, 5) is 58.0. The van der Waals surface area contributed by atoms with Gasteiger partial charge in [-0.25, -0.2) is 0 Å². The van der Waals surface area contributed by atoms with Crippen molar-refractivity contribution in [3.8, 4) is 34.5 Å². The first-order chi connectivity index (χ1) is 38.3. The second-order valence-electron chi connectivity index (χ2n) is 32.7. The number of aryl methyl sites for hydroxylation is 2. The van der Waals surface area contributed by atoms with Gasteiger partial charge in [-0.3, -0.25) is 19.2 Å². The third kappa shape index (κ3) is 19.0. The molecular weight excluding hydrogens is 1070 g/mol. The van der Waals surface area contributed by atoms with E-state index in [1.165, 1.54) is 0 Å². The van der Waals surface area contributed by atoms with Gasteiger partial charge in [0.2, 0.25) is 0 Å². The monoisotopic (exact) mass is 1180 g/mol. The molecule has 0 bridgehead atoms. The van der Waals surface area contributed by atoms with Crippen molar-refractivity contribution in [2.45, 2.75) is 262 Å². The van der Waals surface area contributed by atoms with E-state index in [1.807, 2.05) is 190 Å². The Morgan fingerprint density at radius 3 is 0.753 bits per heavy atom. The predicted molar refractivity (Wildman–Crippen MR) is 342 cm³/mol. The number of benzene rings is 4. The fraction of sp³-hybridized carbons (Fsp3) is 0.616. The Morgan fingerprint density at radius 1 is 0.353 bits per heavy atom. The van der Waals surface area contributed by atoms with Gasteiger partial charge in [0.25, 0.3) is 0 Å². The minimum Gasteiger partial charge on any atom is -0.507 e. The van der Waals surface area contributed by atoms with Crippen LogP contribution in [-0.2, 0) is 84.8 Å². The lowest BCUT2D eigenvalue weighted by Gasteiger charge is -2.36. The second kappa shape index (κ2) is 25.7. The van der Waals surface area contributed by atoms with Crippen LogP contribution >= 0.6 is 0 Å². The van der Waals surface area contributed by atoms with E-state index in [2.05, 4.69) is 0 Å². The molecule has 4 aromatic rings. The number of hydrogen-bond donors (Lipinski definition) is 4. The summed E-state index contributed by atoms with van der Waals surface area (Å²) in [6, 6.07) is 14.4. The highest BCUT2D eigenvalue weighted by atomic mass is 16.6. The van der Waals surface area contributed by atoms with Crippen LogP contribution in [-0.4, -0.2) is 57.5 Å². The van der Waals surface area contributed by atoms with Crippen molar-refractivity contribution in [1.82, 2.24) is 0 Å². The molecule has 2 atom stereocenters. The maximum absolute atomic E-state index is 14.7. The number of phenols is 4. The molecule has 4 rings (SSSR count). The second-order valence-corrected chi connectivity index (χ2v) is 32.7. The zero-order valence-corrected chi connectivity index (χ0v) is 57.0. The lowest BCUT2D eigenvalue weighted by Crippen LogP contribution is -2.41. The molecule has 4 N–H and O–H groups in total. The van der Waals surface area contributed by atoms with Gasteiger partial charge in [0.05, 0.1) is 11.8 Å². The van der Waals surface area contributed by atoms with Crippen LogP contribution in [0, 0.1) is 17.3 Å². The molecule has 0 aliphatic rings. The fourth-order valence-corrected chi connectivity index (χ4v) is 10.9. The number of rotatable bonds is 18. The first-order valence-corrected chi connectivity index (χ1v) is 30.5. The number of aromatic hydroxyl groups is 4. The van der Waals surface area contributed by atoms with E-state index in [0.717, 1.165) is 33.4 Å². The standard InChI is InChI=1S/C73H108O12/c1-43(63(80)84-47-35-53(69(15,16)17)61(78)54(36-47)70(18,19)20)39-73(40-44(2)64(81)85-48-37-55(71(21,22)23)62(79)56(38-48)72(24,25)26,41-82-57(74)29-27-45-31-49(65(3,4)5)59(76)50(32-45)66(6,7)8)42-83-58(75)30-28-46-33-51(67(9,10)11)60(77)52(34-46)68(12,13)14/h31-38,43-44,76-79H,27-30,39-42H2,1-26H3. The van der Waals surface area contributed by atoms with Crippen LogP contribution in [0.4, 0.5) is 0 Å². The van der Waals surface area contributed by atoms with Crippen LogP contribution in [0.2, 0.25) is 0 Å². The molecule has 0 aromatic heterocycles. The smallest absolute Gasteiger partial charge is 0.314 e. The maximum Gasteiger partial charge on any atom is 0.314 e. The lowest BCUT2D eigenvalue weighted by molar-refractivity contribution is -0.158. The van der Waals surface area contributed by atoms with Crippen molar-refractivity contribution < 1.29 is 58.6 Å². The highest BCUT2D eigenvalue weighted by molar-refractivity contribution is 5.77. The Balaban J connectivity index is 1.88. The summed E-state index contributed by atoms with van der Waals surface area (Å²) in [5.74, 6) is -3.13. The van der Waals surface area contributed by atoms with Gasteiger partial charge in [-0.1, -0.05) is 204 Å². The molecule has 0 fully saturated rings. The number of ether oxygens (including phenoxy) is 4. The molecule has 0 saturated heterocycles. The first kappa shape index (κ1) is 71.4. The number of carbonyl (C=O) groups is 4. The summed E-state index contributed by atoms with van der Waals surface area (Å²) in [6.07, 6.45) is 0.301. The molecule has 0 spiro atoms. The Morgan fingerprint density at radius 2 is 0.553 bits per heavy atom. The van der Waals surface area contributed by atoms with Crippen LogP contribution in [0.3, 0.4) is 0 Å². The number of hydrogen-bond acceptors (Lipinski definition) is 12. The van der Waals surface area contributed by atoms with Gasteiger partial charge in [-0.15, -0.1) is 0 Å². The zero-order chi connectivity index (χ0) is 65.3. The largest absolute Gasteiger partial charge is 0.507 e. The minimum absolute atomic E-state index is 0.0527. The average molecular weight is 1180 g/mol. The van der Waals surface area contributed by atoms with E-state index in [9.17, 15) is 39.6 Å². The molecule has 0 aliphatic carbocycles. The molecule has 0 aliphatic heterocycles. The Labute approximate surface area is 511 Å². The number of phenolic OH excluding ortho intramolecular Hbond substituents is 4. The van der Waals surface area contributed by atoms with E-state index in [0.29, 0.717) is 22.3 Å². The van der Waals surface area contributed by atoms with Crippen molar-refractivity contribution in [2.24, 2.45) is 17.3 Å². The van der Waals surface area contributed by atoms with Gasteiger partial charge < -0.3 is 39.4 Å². The van der Waals surface area contributed by atoms with Crippen LogP contribution in [0.5, 0.6) is 34.5 Å². The summed E-state index contributed by atoms with van der Waals surface area (Å²) in [5, 5.41) is 46.0. The Kier molecular flexibility index (Phi) is 21.6. The molecular formula is C73H108O12. The molecule has 0 radical (unpaired) electrons. The molecule has 85 heavy (non-hydrogen) atoms. The molecule has 12 nitrogen and oxygen atoms in total. The SMILES string of the molecule is CC(CC(COC(=O)CCc1cc(C(C)(C)C)c(O)c(C(C)(C)C)c1)(COC(=O)CCc1cc(C(C)(C)C)c(O)c(C(C)(C)C)c1)CC(C)C(=O)Oc1cc(C(C)(C)C)c(O)c(C(C)(C)C)c1)C(=O)Oc1cc(C(C)(C)C)c(O)c(C(C)(C)C)c1. The van der Waals surface area contributed by atoms with E-state index in [4.69, 9.17) is 18.9 Å². The van der Waals surface area contributed by atoms with Crippen LogP contribution in [0.1, 0.15) is 261 Å². The zero-order valence-electron chi connectivity index (χ0n) is 57.0. The van der Waals surface area contributed by atoms with E-state index in [-0.39, 0.29) is 86.2 Å². The highest BCUT2D eigenvalue weighted by Gasteiger charge is 2.42. The molecule has 472 valence electrons. The third-order valence-electron chi connectivity index (χ3n) is 16.0. The number of esters is 4. The van der Waals surface area contributed by atoms with Gasteiger partial charge in [-0.05, 0) is 127 Å². The van der Waals surface area contributed by atoms with E-state index in [1.54, 1.807) is 38.1 Å². The Hall–Kier alpha value is -6.04. The first-order valence-electron chi connectivity index (χ1n) is 30.5. The van der Waals surface area contributed by atoms with Crippen molar-refractivity contribution >= 4 is 23.9 Å². The molecule has 0 saturated carbocycles. The van der Waals surface area contributed by atoms with Gasteiger partial charge >= 0.3 is 23.9 Å². The normalized spacial score (nSPS) is 14.0. The maximum atomic E-state index is 14.7. The van der Waals surface area contributed by atoms with Crippen LogP contribution in [0.15, 0.2) is 48.5 Å². The molecule has 4 aromatic carbocycles. The molecule has 0 amide bonds. The predicted octanol–water partition coefficient (Wildman–Crippen LogP) is 16.8. The summed E-state index contributed by atoms with van der Waals surface area (Å²) in [7, 11) is 0. The summed E-state index contributed by atoms with van der Waals surface area (Å²) in [5.41, 5.74) is 2.01. The minimum atomic E-state index is -1.40. The lowest BCUT2D eigenvalue weighted by atomic mass is 9.74. The number of carbonyl (C=O) groups excluding carboxylic acids is 4. The van der Waals surface area contributed by atoms with Gasteiger partial charge in [0, 0.05) is 40.5 Å². The van der Waals surface area contributed by atoms with Crippen molar-refractivity contribution in [1.29, 1.82) is 0 Å². The highest BCUT2D eigenvalue weighted by Crippen LogP contribution is 2.46. The summed E-state index contributed by atoms with van der Waals surface area (Å²) in [6.45, 7) is 50.6. The van der Waals surface area contributed by atoms with Crippen molar-refractivity contribution in [3.63, 3.8) is 0 Å². The van der Waals surface area contributed by atoms with Crippen molar-refractivity contribution in [3.05, 3.63) is 104 Å². The van der Waals surface area contributed by atoms with Gasteiger partial charge in [-0.2, -0.15) is 0 Å². The van der Waals surface area contributed by atoms with Crippen molar-refractivity contribution in [2.75, 3.05) is 13.2 Å². The molecule has 12 heteroatoms. The van der Waals surface area contributed by atoms with Gasteiger partial charge in [0.15, 0.2) is 0 Å². The fourth-order valence-electron chi connectivity index (χ4n) is 10.9. The van der Waals surface area contributed by atoms with Crippen LogP contribution in [0.25, 0.3) is 0 Å². The average Bonchev–Trinajstić information content (AvgIpc) is 3.01. The van der Waals surface area contributed by atoms with E-state index < -0.39 is 84.4 Å². The Bertz CT molecular complexity index is 2710. The van der Waals surface area contributed by atoms with Gasteiger partial charge in [0.1, 0.15) is 47.7 Å². The van der Waals surface area contributed by atoms with E-state index >= 15 is 0 Å². The van der Waals surface area contributed by atoms with Crippen LogP contribution < -0.4 is 9.47 Å². The molecule has 0 heterocycles. The summed E-state index contributed by atoms with van der Waals surface area (Å²) < 4.78 is 25.0. The molecule has 2 unspecified atom stereocenters. The topological polar surface area (TPSA) is 186 Å². The third-order valence-corrected chi connectivity index (χ3v) is 16.0. The summed E-state index contributed by atoms with van der Waals surface area (Å²) >= 11 is 0. The quantitative estimate of drug-likeness (QED) is 0.0546.